The predicted molar refractivity (Wildman–Crippen MR) is 82.5 cm³/mol. The van der Waals surface area contributed by atoms with Crippen molar-refractivity contribution in [1.29, 1.82) is 0 Å². The summed E-state index contributed by atoms with van der Waals surface area (Å²) in [7, 11) is 0. The van der Waals surface area contributed by atoms with Crippen LogP contribution in [0.5, 0.6) is 0 Å². The number of hydrogen-bond acceptors (Lipinski definition) is 2. The van der Waals surface area contributed by atoms with Gasteiger partial charge in [0.05, 0.1) is 6.42 Å². The Morgan fingerprint density at radius 3 is 2.30 bits per heavy atom. The number of aliphatic carboxylic acids is 1. The quantitative estimate of drug-likeness (QED) is 0.888. The average Bonchev–Trinajstić information content (AvgIpc) is 2.42. The number of carboxylic acids is 1. The Balaban J connectivity index is 2.12. The van der Waals surface area contributed by atoms with Gasteiger partial charge in [-0.3, -0.25) is 4.79 Å². The SMILES string of the molecule is CCc1ccc(Sc2ccc(CC(=O)O)cc2)c(C)c1. The molecule has 0 aliphatic carbocycles. The number of aryl methyl sites for hydroxylation is 2. The second-order valence-electron chi connectivity index (χ2n) is 4.77. The number of carboxylic acid groups (broad SMARTS) is 1. The number of hydrogen-bond donors (Lipinski definition) is 1. The van der Waals surface area contributed by atoms with Gasteiger partial charge in [-0.25, -0.2) is 0 Å². The van der Waals surface area contributed by atoms with Crippen molar-refractivity contribution >= 4 is 17.7 Å². The third-order valence-electron chi connectivity index (χ3n) is 3.15. The average molecular weight is 286 g/mol. The van der Waals surface area contributed by atoms with Gasteiger partial charge >= 0.3 is 5.97 Å². The van der Waals surface area contributed by atoms with Crippen LogP contribution in [0.3, 0.4) is 0 Å². The minimum atomic E-state index is -0.795. The van der Waals surface area contributed by atoms with Crippen molar-refractivity contribution in [3.05, 3.63) is 59.2 Å². The Kier molecular flexibility index (Phi) is 4.85. The Morgan fingerprint density at radius 2 is 1.75 bits per heavy atom. The van der Waals surface area contributed by atoms with Crippen LogP contribution in [0.2, 0.25) is 0 Å². The van der Waals surface area contributed by atoms with Crippen LogP contribution in [-0.4, -0.2) is 11.1 Å². The lowest BCUT2D eigenvalue weighted by Gasteiger charge is -2.08. The minimum absolute atomic E-state index is 0.0785. The summed E-state index contributed by atoms with van der Waals surface area (Å²) in [5.74, 6) is -0.795. The molecule has 0 amide bonds. The van der Waals surface area contributed by atoms with Crippen LogP contribution in [0, 0.1) is 6.92 Å². The molecular weight excluding hydrogens is 268 g/mol. The molecule has 0 spiro atoms. The second-order valence-corrected chi connectivity index (χ2v) is 5.89. The van der Waals surface area contributed by atoms with E-state index in [9.17, 15) is 4.79 Å². The molecule has 0 unspecified atom stereocenters. The van der Waals surface area contributed by atoms with Crippen molar-refractivity contribution in [2.45, 2.75) is 36.5 Å². The molecule has 2 rings (SSSR count). The van der Waals surface area contributed by atoms with Gasteiger partial charge in [-0.15, -0.1) is 0 Å². The fourth-order valence-electron chi connectivity index (χ4n) is 2.02. The molecule has 0 bridgehead atoms. The minimum Gasteiger partial charge on any atom is -0.481 e. The molecule has 20 heavy (non-hydrogen) atoms. The Bertz CT molecular complexity index is 603. The van der Waals surface area contributed by atoms with Crippen LogP contribution in [0.1, 0.15) is 23.6 Å². The normalized spacial score (nSPS) is 10.5. The highest BCUT2D eigenvalue weighted by atomic mass is 32.2. The van der Waals surface area contributed by atoms with Crippen LogP contribution in [0.15, 0.2) is 52.3 Å². The topological polar surface area (TPSA) is 37.3 Å². The zero-order chi connectivity index (χ0) is 14.5. The van der Waals surface area contributed by atoms with Crippen LogP contribution >= 0.6 is 11.8 Å². The Hall–Kier alpha value is -1.74. The van der Waals surface area contributed by atoms with E-state index in [-0.39, 0.29) is 6.42 Å². The van der Waals surface area contributed by atoms with Crippen LogP contribution in [0.4, 0.5) is 0 Å². The third-order valence-corrected chi connectivity index (χ3v) is 4.34. The maximum absolute atomic E-state index is 10.6. The first-order valence-electron chi connectivity index (χ1n) is 6.66. The number of rotatable bonds is 5. The van der Waals surface area contributed by atoms with Crippen molar-refractivity contribution in [2.75, 3.05) is 0 Å². The monoisotopic (exact) mass is 286 g/mol. The molecule has 104 valence electrons. The van der Waals surface area contributed by atoms with Crippen molar-refractivity contribution in [2.24, 2.45) is 0 Å². The van der Waals surface area contributed by atoms with E-state index in [0.717, 1.165) is 16.9 Å². The molecular formula is C17H18O2S. The molecule has 1 N–H and O–H groups in total. The summed E-state index contributed by atoms with van der Waals surface area (Å²) in [5, 5.41) is 8.75. The fourth-order valence-corrected chi connectivity index (χ4v) is 2.90. The highest BCUT2D eigenvalue weighted by molar-refractivity contribution is 7.99. The summed E-state index contributed by atoms with van der Waals surface area (Å²) in [6, 6.07) is 14.3. The lowest BCUT2D eigenvalue weighted by molar-refractivity contribution is -0.136. The molecule has 0 aliphatic rings. The summed E-state index contributed by atoms with van der Waals surface area (Å²) in [4.78, 5) is 13.0. The first-order chi connectivity index (χ1) is 9.58. The summed E-state index contributed by atoms with van der Waals surface area (Å²) in [6.07, 6.45) is 1.13. The number of carbonyl (C=O) groups is 1. The van der Waals surface area contributed by atoms with Gasteiger partial charge in [0.2, 0.25) is 0 Å². The van der Waals surface area contributed by atoms with E-state index >= 15 is 0 Å². The second kappa shape index (κ2) is 6.62. The van der Waals surface area contributed by atoms with E-state index in [2.05, 4.69) is 32.0 Å². The zero-order valence-corrected chi connectivity index (χ0v) is 12.5. The van der Waals surface area contributed by atoms with Crippen molar-refractivity contribution in [3.63, 3.8) is 0 Å². The first-order valence-corrected chi connectivity index (χ1v) is 7.48. The maximum Gasteiger partial charge on any atom is 0.307 e. The largest absolute Gasteiger partial charge is 0.481 e. The molecule has 2 nitrogen and oxygen atoms in total. The lowest BCUT2D eigenvalue weighted by Crippen LogP contribution is -1.99. The smallest absolute Gasteiger partial charge is 0.307 e. The van der Waals surface area contributed by atoms with Crippen molar-refractivity contribution < 1.29 is 9.90 Å². The first kappa shape index (κ1) is 14.7. The summed E-state index contributed by atoms with van der Waals surface area (Å²) in [6.45, 7) is 4.28. The molecule has 0 saturated carbocycles. The Morgan fingerprint density at radius 1 is 1.10 bits per heavy atom. The van der Waals surface area contributed by atoms with E-state index in [1.165, 1.54) is 16.0 Å². The molecule has 2 aromatic carbocycles. The van der Waals surface area contributed by atoms with Gasteiger partial charge in [-0.1, -0.05) is 43.0 Å². The summed E-state index contributed by atoms with van der Waals surface area (Å²) >= 11 is 1.71. The van der Waals surface area contributed by atoms with Gasteiger partial charge in [0.25, 0.3) is 0 Å². The van der Waals surface area contributed by atoms with Gasteiger partial charge in [0.1, 0.15) is 0 Å². The third kappa shape index (κ3) is 3.87. The van der Waals surface area contributed by atoms with Gasteiger partial charge in [0.15, 0.2) is 0 Å². The van der Waals surface area contributed by atoms with Gasteiger partial charge in [0, 0.05) is 9.79 Å². The highest BCUT2D eigenvalue weighted by Crippen LogP contribution is 2.31. The van der Waals surface area contributed by atoms with E-state index < -0.39 is 5.97 Å². The molecule has 2 aromatic rings. The molecule has 0 aromatic heterocycles. The van der Waals surface area contributed by atoms with E-state index in [4.69, 9.17) is 5.11 Å². The predicted octanol–water partition coefficient (Wildman–Crippen LogP) is 4.34. The van der Waals surface area contributed by atoms with Crippen molar-refractivity contribution in [1.82, 2.24) is 0 Å². The van der Waals surface area contributed by atoms with Crippen LogP contribution in [0.25, 0.3) is 0 Å². The Labute approximate surface area is 123 Å². The van der Waals surface area contributed by atoms with E-state index in [0.29, 0.717) is 0 Å². The molecule has 0 saturated heterocycles. The van der Waals surface area contributed by atoms with Crippen LogP contribution < -0.4 is 0 Å². The van der Waals surface area contributed by atoms with E-state index in [1.807, 2.05) is 24.3 Å². The maximum atomic E-state index is 10.6. The fraction of sp³-hybridized carbons (Fsp3) is 0.235. The van der Waals surface area contributed by atoms with Gasteiger partial charge < -0.3 is 5.11 Å². The van der Waals surface area contributed by atoms with Gasteiger partial charge in [-0.05, 0) is 48.2 Å². The molecule has 0 atom stereocenters. The summed E-state index contributed by atoms with van der Waals surface area (Å²) < 4.78 is 0. The van der Waals surface area contributed by atoms with E-state index in [1.54, 1.807) is 11.8 Å². The molecule has 3 heteroatoms. The lowest BCUT2D eigenvalue weighted by atomic mass is 10.1. The molecule has 0 aliphatic heterocycles. The zero-order valence-electron chi connectivity index (χ0n) is 11.7. The number of benzene rings is 2. The molecule has 0 heterocycles. The molecule has 0 radical (unpaired) electrons. The van der Waals surface area contributed by atoms with Gasteiger partial charge in [-0.2, -0.15) is 0 Å². The summed E-state index contributed by atoms with van der Waals surface area (Å²) in [5.41, 5.74) is 3.47. The standard InChI is InChI=1S/C17H18O2S/c1-3-13-6-9-16(12(2)10-13)20-15-7-4-14(5-8-15)11-17(18)19/h4-10H,3,11H2,1-2H3,(H,18,19). The van der Waals surface area contributed by atoms with Crippen LogP contribution in [-0.2, 0) is 17.6 Å². The highest BCUT2D eigenvalue weighted by Gasteiger charge is 2.04. The van der Waals surface area contributed by atoms with Crippen molar-refractivity contribution in [3.8, 4) is 0 Å². The molecule has 0 fully saturated rings.